The maximum atomic E-state index is 12.6. The summed E-state index contributed by atoms with van der Waals surface area (Å²) in [6.45, 7) is 3.54. The van der Waals surface area contributed by atoms with Gasteiger partial charge in [0.25, 0.3) is 0 Å². The molecule has 1 aliphatic heterocycles. The van der Waals surface area contributed by atoms with Gasteiger partial charge < -0.3 is 24.8 Å². The molecule has 4 atom stereocenters. The van der Waals surface area contributed by atoms with Crippen molar-refractivity contribution in [3.05, 3.63) is 60.8 Å². The number of esters is 2. The third-order valence-electron chi connectivity index (χ3n) is 9.40. The van der Waals surface area contributed by atoms with Crippen LogP contribution in [-0.2, 0) is 37.4 Å². The Kier molecular flexibility index (Phi) is 34.1. The fourth-order valence-electron chi connectivity index (χ4n) is 6.02. The van der Waals surface area contributed by atoms with Crippen molar-refractivity contribution in [1.29, 1.82) is 0 Å². The van der Waals surface area contributed by atoms with Gasteiger partial charge >= 0.3 is 19.8 Å². The molecule has 0 aromatic rings. The van der Waals surface area contributed by atoms with Crippen LogP contribution in [0.25, 0.3) is 0 Å². The molecule has 322 valence electrons. The van der Waals surface area contributed by atoms with E-state index < -0.39 is 32.5 Å². The molecular weight excluding hydrogens is 729 g/mol. The third-order valence-corrected chi connectivity index (χ3v) is 10.4. The highest BCUT2D eigenvalue weighted by atomic mass is 31.2. The Hall–Kier alpha value is -2.33. The molecule has 4 unspecified atom stereocenters. The zero-order chi connectivity index (χ0) is 40.8. The molecule has 1 fully saturated rings. The lowest BCUT2D eigenvalue weighted by Gasteiger charge is -2.19. The second-order valence-electron chi connectivity index (χ2n) is 14.6. The molecule has 0 saturated carbocycles. The summed E-state index contributed by atoms with van der Waals surface area (Å²) in [5, 5.41) is 0. The Bertz CT molecular complexity index is 1170. The lowest BCUT2D eigenvalue weighted by Crippen LogP contribution is -2.29. The van der Waals surface area contributed by atoms with E-state index in [0.717, 1.165) is 57.8 Å². The van der Waals surface area contributed by atoms with Crippen molar-refractivity contribution in [2.24, 2.45) is 5.73 Å². The second-order valence-corrected chi connectivity index (χ2v) is 16.0. The Morgan fingerprint density at radius 1 is 0.643 bits per heavy atom. The average Bonchev–Trinajstić information content (AvgIpc) is 3.96. The summed E-state index contributed by atoms with van der Waals surface area (Å²) in [5.41, 5.74) is 5.34. The van der Waals surface area contributed by atoms with Gasteiger partial charge in [0, 0.05) is 19.4 Å². The van der Waals surface area contributed by atoms with E-state index in [0.29, 0.717) is 18.6 Å². The van der Waals surface area contributed by atoms with Crippen molar-refractivity contribution in [1.82, 2.24) is 0 Å². The number of nitrogens with two attached hydrogens (primary N) is 1. The van der Waals surface area contributed by atoms with Gasteiger partial charge in [-0.25, -0.2) is 4.57 Å². The molecule has 0 aliphatic carbocycles. The van der Waals surface area contributed by atoms with Crippen LogP contribution in [0.15, 0.2) is 60.8 Å². The normalized spacial score (nSPS) is 17.5. The van der Waals surface area contributed by atoms with Crippen molar-refractivity contribution in [3.8, 4) is 0 Å². The number of epoxide rings is 1. The highest BCUT2D eigenvalue weighted by Crippen LogP contribution is 2.43. The first-order valence-electron chi connectivity index (χ1n) is 21.9. The fraction of sp³-hybridized carbons (Fsp3) is 0.733. The molecule has 0 radical (unpaired) electrons. The first kappa shape index (κ1) is 51.7. The number of phosphoric acid groups is 1. The molecule has 0 aromatic heterocycles. The van der Waals surface area contributed by atoms with Crippen LogP contribution in [0, 0.1) is 0 Å². The zero-order valence-electron chi connectivity index (χ0n) is 35.0. The van der Waals surface area contributed by atoms with Gasteiger partial charge in [0.2, 0.25) is 0 Å². The molecule has 1 aliphatic rings. The van der Waals surface area contributed by atoms with Crippen LogP contribution in [0.5, 0.6) is 0 Å². The number of hydrogen-bond donors (Lipinski definition) is 2. The number of rotatable bonds is 39. The summed E-state index contributed by atoms with van der Waals surface area (Å²) in [7, 11) is -4.40. The fourth-order valence-corrected chi connectivity index (χ4v) is 6.79. The van der Waals surface area contributed by atoms with Gasteiger partial charge in [0.15, 0.2) is 6.10 Å². The molecule has 0 aromatic carbocycles. The van der Waals surface area contributed by atoms with Gasteiger partial charge in [-0.15, -0.1) is 0 Å². The van der Waals surface area contributed by atoms with Gasteiger partial charge in [-0.2, -0.15) is 0 Å². The summed E-state index contributed by atoms with van der Waals surface area (Å²) < 4.78 is 38.2. The first-order valence-corrected chi connectivity index (χ1v) is 23.4. The summed E-state index contributed by atoms with van der Waals surface area (Å²) >= 11 is 0. The van der Waals surface area contributed by atoms with Gasteiger partial charge in [0.05, 0.1) is 25.4 Å². The molecule has 0 spiro atoms. The number of allylic oxidation sites excluding steroid dienone is 9. The third kappa shape index (κ3) is 33.8. The molecule has 1 rings (SSSR count). The number of ether oxygens (including phenoxy) is 3. The van der Waals surface area contributed by atoms with Crippen molar-refractivity contribution in [2.75, 3.05) is 26.4 Å². The number of carbonyl (C=O) groups excluding carboxylic acids is 2. The summed E-state index contributed by atoms with van der Waals surface area (Å²) in [6.07, 6.45) is 46.0. The summed E-state index contributed by atoms with van der Waals surface area (Å²) in [5.74, 6) is -0.930. The van der Waals surface area contributed by atoms with E-state index in [1.54, 1.807) is 0 Å². The zero-order valence-corrected chi connectivity index (χ0v) is 35.9. The van der Waals surface area contributed by atoms with Crippen LogP contribution < -0.4 is 5.73 Å². The highest BCUT2D eigenvalue weighted by molar-refractivity contribution is 7.47. The minimum Gasteiger partial charge on any atom is -0.462 e. The lowest BCUT2D eigenvalue weighted by molar-refractivity contribution is -0.161. The summed E-state index contributed by atoms with van der Waals surface area (Å²) in [4.78, 5) is 34.8. The average molecular weight is 808 g/mol. The molecule has 1 heterocycles. The van der Waals surface area contributed by atoms with Crippen LogP contribution in [0.4, 0.5) is 0 Å². The molecule has 3 N–H and O–H groups in total. The second kappa shape index (κ2) is 37.0. The van der Waals surface area contributed by atoms with Crippen molar-refractivity contribution in [2.45, 2.75) is 186 Å². The van der Waals surface area contributed by atoms with Gasteiger partial charge in [-0.05, 0) is 51.4 Å². The molecular formula is C45H78NO9P. The molecule has 0 amide bonds. The lowest BCUT2D eigenvalue weighted by atomic mass is 10.0. The predicted molar refractivity (Wildman–Crippen MR) is 228 cm³/mol. The van der Waals surface area contributed by atoms with Crippen LogP contribution in [-0.4, -0.2) is 61.5 Å². The molecule has 56 heavy (non-hydrogen) atoms. The molecule has 11 heteroatoms. The Balaban J connectivity index is 2.22. The van der Waals surface area contributed by atoms with Crippen molar-refractivity contribution in [3.63, 3.8) is 0 Å². The largest absolute Gasteiger partial charge is 0.472 e. The molecule has 10 nitrogen and oxygen atoms in total. The van der Waals surface area contributed by atoms with Gasteiger partial charge in [-0.3, -0.25) is 18.6 Å². The Morgan fingerprint density at radius 3 is 1.64 bits per heavy atom. The molecule has 1 saturated heterocycles. The SMILES string of the molecule is CCCCCCCCCCCCCCCCCC(=O)OCC(COP(=O)(O)OCCN)OC(=O)CC/C=C/C/C=C/C/C=C/C/C=C/C/C=C/CC1OC1CC. The topological polar surface area (TPSA) is 147 Å². The van der Waals surface area contributed by atoms with Crippen molar-refractivity contribution < 1.29 is 42.3 Å². The number of phosphoric ester groups is 1. The number of hydrogen-bond acceptors (Lipinski definition) is 9. The standard InChI is InChI=1S/C45H78NO9P/c1-3-5-6-7-8-9-10-11-13-17-20-23-26-29-32-35-44(47)51-39-41(40-53-56(49,50)52-38-37-46)54-45(48)36-33-30-27-24-21-18-15-12-14-16-19-22-25-28-31-34-43-42(4-2)55-43/h12,14,18-19,21-22,27-28,30-31,41-43H,3-11,13,15-17,20,23-26,29,32-40,46H2,1-2H3,(H,49,50)/b14-12+,21-18+,22-19+,30-27+,31-28+. The Morgan fingerprint density at radius 2 is 1.14 bits per heavy atom. The van der Waals surface area contributed by atoms with Crippen LogP contribution in [0.3, 0.4) is 0 Å². The maximum absolute atomic E-state index is 12.6. The van der Waals surface area contributed by atoms with E-state index in [4.69, 9.17) is 29.0 Å². The van der Waals surface area contributed by atoms with Gasteiger partial charge in [0.1, 0.15) is 6.61 Å². The minimum absolute atomic E-state index is 0.0387. The van der Waals surface area contributed by atoms with Crippen LogP contribution >= 0.6 is 7.82 Å². The van der Waals surface area contributed by atoms with Crippen LogP contribution in [0.2, 0.25) is 0 Å². The maximum Gasteiger partial charge on any atom is 0.472 e. The smallest absolute Gasteiger partial charge is 0.462 e. The van der Waals surface area contributed by atoms with E-state index in [1.165, 1.54) is 77.0 Å². The van der Waals surface area contributed by atoms with Crippen molar-refractivity contribution >= 4 is 19.8 Å². The number of unbranched alkanes of at least 4 members (excludes halogenated alkanes) is 14. The predicted octanol–water partition coefficient (Wildman–Crippen LogP) is 11.5. The summed E-state index contributed by atoms with van der Waals surface area (Å²) in [6, 6.07) is 0. The van der Waals surface area contributed by atoms with Crippen LogP contribution in [0.1, 0.15) is 168 Å². The monoisotopic (exact) mass is 808 g/mol. The van der Waals surface area contributed by atoms with E-state index in [9.17, 15) is 19.0 Å². The van der Waals surface area contributed by atoms with Gasteiger partial charge in [-0.1, -0.05) is 164 Å². The quantitative estimate of drug-likeness (QED) is 0.0202. The molecule has 0 bridgehead atoms. The van der Waals surface area contributed by atoms with E-state index >= 15 is 0 Å². The van der Waals surface area contributed by atoms with E-state index in [1.807, 2.05) is 12.2 Å². The highest BCUT2D eigenvalue weighted by Gasteiger charge is 2.35. The minimum atomic E-state index is -4.40. The Labute approximate surface area is 340 Å². The van der Waals surface area contributed by atoms with E-state index in [-0.39, 0.29) is 32.6 Å². The van der Waals surface area contributed by atoms with E-state index in [2.05, 4.69) is 62.5 Å². The first-order chi connectivity index (χ1) is 27.3. The number of carbonyl (C=O) groups is 2.